The van der Waals surface area contributed by atoms with E-state index in [9.17, 15) is 9.59 Å². The van der Waals surface area contributed by atoms with Crippen LogP contribution in [0.5, 0.6) is 0 Å². The van der Waals surface area contributed by atoms with Crippen LogP contribution in [0.3, 0.4) is 0 Å². The van der Waals surface area contributed by atoms with Gasteiger partial charge in [-0.3, -0.25) is 4.79 Å². The number of carbonyl (C=O) groups is 2. The highest BCUT2D eigenvalue weighted by Crippen LogP contribution is 2.14. The number of rotatable bonds is 14. The number of hydrogen-bond acceptors (Lipinski definition) is 3. The summed E-state index contributed by atoms with van der Waals surface area (Å²) < 4.78 is 4.94. The van der Waals surface area contributed by atoms with Gasteiger partial charge in [-0.15, -0.1) is 0 Å². The van der Waals surface area contributed by atoms with Crippen molar-refractivity contribution >= 4 is 23.5 Å². The number of carbonyl (C=O) groups excluding carboxylic acids is 2. The van der Waals surface area contributed by atoms with Gasteiger partial charge in [-0.05, 0) is 55.2 Å². The Balaban J connectivity index is 1.87. The molecule has 2 aromatic carbocycles. The fraction of sp³-hybridized carbons (Fsp3) is 0.484. The van der Waals surface area contributed by atoms with Crippen LogP contribution in [0.2, 0.25) is 5.02 Å². The minimum Gasteiger partial charge on any atom is -0.459 e. The van der Waals surface area contributed by atoms with Gasteiger partial charge in [-0.25, -0.2) is 4.79 Å². The van der Waals surface area contributed by atoms with Gasteiger partial charge in [0.25, 0.3) is 0 Å². The third-order valence-corrected chi connectivity index (χ3v) is 6.25. The van der Waals surface area contributed by atoms with Crippen LogP contribution in [0.25, 0.3) is 0 Å². The van der Waals surface area contributed by atoms with Crippen LogP contribution in [0.1, 0.15) is 88.3 Å². The molecule has 0 atom stereocenters. The molecule has 4 nitrogen and oxygen atoms in total. The molecule has 0 aliphatic heterocycles. The highest BCUT2D eigenvalue weighted by Gasteiger charge is 2.23. The lowest BCUT2D eigenvalue weighted by atomic mass is 10.1. The standard InChI is InChI=1S/C31H40ClNO3/c1-3-5-6-7-8-9-10-11-12-13-15-26-18-20-28(21-19-26)25-33(30(34)31(35)36-4-2)23-22-27-16-14-17-29(32)24-27/h14,16-21,24H,3-12,22-23,25H2,1-2H3. The van der Waals surface area contributed by atoms with Gasteiger partial charge in [0.2, 0.25) is 0 Å². The Morgan fingerprint density at radius 1 is 0.889 bits per heavy atom. The van der Waals surface area contributed by atoms with Crippen molar-refractivity contribution in [1.29, 1.82) is 0 Å². The van der Waals surface area contributed by atoms with E-state index in [1.807, 2.05) is 48.5 Å². The highest BCUT2D eigenvalue weighted by atomic mass is 35.5. The van der Waals surface area contributed by atoms with E-state index in [2.05, 4.69) is 18.8 Å². The van der Waals surface area contributed by atoms with Crippen LogP contribution in [-0.2, 0) is 27.3 Å². The monoisotopic (exact) mass is 509 g/mol. The molecular weight excluding hydrogens is 470 g/mol. The molecule has 0 aliphatic rings. The van der Waals surface area contributed by atoms with Crippen LogP contribution in [-0.4, -0.2) is 29.9 Å². The van der Waals surface area contributed by atoms with E-state index in [-0.39, 0.29) is 6.61 Å². The topological polar surface area (TPSA) is 46.6 Å². The summed E-state index contributed by atoms with van der Waals surface area (Å²) >= 11 is 6.08. The predicted molar refractivity (Wildman–Crippen MR) is 148 cm³/mol. The van der Waals surface area contributed by atoms with Crippen LogP contribution in [0.4, 0.5) is 0 Å². The Bertz CT molecular complexity index is 991. The molecule has 0 spiro atoms. The SMILES string of the molecule is CCCCCCCCCCC#Cc1ccc(CN(CCc2cccc(Cl)c2)C(=O)C(=O)OCC)cc1. The lowest BCUT2D eigenvalue weighted by molar-refractivity contribution is -0.160. The van der Waals surface area contributed by atoms with Gasteiger partial charge in [-0.2, -0.15) is 0 Å². The number of nitrogens with zero attached hydrogens (tertiary/aromatic N) is 1. The van der Waals surface area contributed by atoms with Crippen LogP contribution in [0, 0.1) is 11.8 Å². The summed E-state index contributed by atoms with van der Waals surface area (Å²) in [5, 5.41) is 0.648. The number of esters is 1. The Morgan fingerprint density at radius 3 is 2.25 bits per heavy atom. The molecule has 0 bridgehead atoms. The third-order valence-electron chi connectivity index (χ3n) is 6.01. The molecule has 0 N–H and O–H groups in total. The summed E-state index contributed by atoms with van der Waals surface area (Å²) in [4.78, 5) is 26.4. The molecule has 0 radical (unpaired) electrons. The average Bonchev–Trinajstić information content (AvgIpc) is 2.88. The van der Waals surface area contributed by atoms with E-state index in [0.29, 0.717) is 24.5 Å². The second kappa shape index (κ2) is 17.6. The fourth-order valence-electron chi connectivity index (χ4n) is 3.96. The summed E-state index contributed by atoms with van der Waals surface area (Å²) in [6, 6.07) is 15.4. The van der Waals surface area contributed by atoms with Crippen molar-refractivity contribution in [3.63, 3.8) is 0 Å². The lowest BCUT2D eigenvalue weighted by Gasteiger charge is -2.22. The van der Waals surface area contributed by atoms with Gasteiger partial charge in [0.05, 0.1) is 6.61 Å². The van der Waals surface area contributed by atoms with Gasteiger partial charge in [0.1, 0.15) is 0 Å². The summed E-state index contributed by atoms with van der Waals surface area (Å²) in [6.07, 6.45) is 11.9. The van der Waals surface area contributed by atoms with E-state index in [1.165, 1.54) is 49.8 Å². The van der Waals surface area contributed by atoms with E-state index >= 15 is 0 Å². The van der Waals surface area contributed by atoms with Gasteiger partial charge >= 0.3 is 11.9 Å². The maximum Gasteiger partial charge on any atom is 0.397 e. The molecule has 0 fully saturated rings. The first-order chi connectivity index (χ1) is 17.5. The van der Waals surface area contributed by atoms with Gasteiger partial charge < -0.3 is 9.64 Å². The molecule has 2 rings (SSSR count). The zero-order valence-electron chi connectivity index (χ0n) is 21.9. The molecule has 194 valence electrons. The molecule has 0 saturated heterocycles. The van der Waals surface area contributed by atoms with E-state index in [4.69, 9.17) is 16.3 Å². The first-order valence-corrected chi connectivity index (χ1v) is 13.7. The van der Waals surface area contributed by atoms with Crippen molar-refractivity contribution in [2.24, 2.45) is 0 Å². The molecule has 0 aromatic heterocycles. The zero-order valence-corrected chi connectivity index (χ0v) is 22.6. The molecule has 0 heterocycles. The highest BCUT2D eigenvalue weighted by molar-refractivity contribution is 6.32. The normalized spacial score (nSPS) is 10.4. The molecule has 2 aromatic rings. The number of benzene rings is 2. The summed E-state index contributed by atoms with van der Waals surface area (Å²) in [5.74, 6) is 5.06. The first-order valence-electron chi connectivity index (χ1n) is 13.3. The van der Waals surface area contributed by atoms with E-state index < -0.39 is 11.9 Å². The fourth-order valence-corrected chi connectivity index (χ4v) is 4.17. The molecule has 36 heavy (non-hydrogen) atoms. The largest absolute Gasteiger partial charge is 0.459 e. The van der Waals surface area contributed by atoms with Crippen LogP contribution >= 0.6 is 11.6 Å². The maximum absolute atomic E-state index is 12.7. The molecule has 1 amide bonds. The molecule has 0 saturated carbocycles. The molecular formula is C31H40ClNO3. The van der Waals surface area contributed by atoms with E-state index in [1.54, 1.807) is 6.92 Å². The zero-order chi connectivity index (χ0) is 26.0. The number of halogens is 1. The lowest BCUT2D eigenvalue weighted by Crippen LogP contribution is -2.38. The van der Waals surface area contributed by atoms with Crippen molar-refractivity contribution in [2.45, 2.75) is 84.6 Å². The number of ether oxygens (including phenoxy) is 1. The molecule has 0 aliphatic carbocycles. The first kappa shape index (κ1) is 29.5. The third kappa shape index (κ3) is 11.8. The van der Waals surface area contributed by atoms with Crippen molar-refractivity contribution in [3.8, 4) is 11.8 Å². The van der Waals surface area contributed by atoms with Crippen LogP contribution in [0.15, 0.2) is 48.5 Å². The Labute approximate surface area is 222 Å². The van der Waals surface area contributed by atoms with Gasteiger partial charge in [0.15, 0.2) is 0 Å². The Morgan fingerprint density at radius 2 is 1.58 bits per heavy atom. The minimum absolute atomic E-state index is 0.166. The molecule has 0 unspecified atom stereocenters. The average molecular weight is 510 g/mol. The predicted octanol–water partition coefficient (Wildman–Crippen LogP) is 7.36. The Hall–Kier alpha value is -2.77. The van der Waals surface area contributed by atoms with Crippen molar-refractivity contribution in [3.05, 3.63) is 70.2 Å². The Kier molecular flexibility index (Phi) is 14.4. The maximum atomic E-state index is 12.7. The summed E-state index contributed by atoms with van der Waals surface area (Å²) in [6.45, 7) is 4.81. The summed E-state index contributed by atoms with van der Waals surface area (Å²) in [5.41, 5.74) is 2.90. The summed E-state index contributed by atoms with van der Waals surface area (Å²) in [7, 11) is 0. The number of amides is 1. The van der Waals surface area contributed by atoms with Crippen molar-refractivity contribution in [2.75, 3.05) is 13.2 Å². The van der Waals surface area contributed by atoms with Gasteiger partial charge in [-0.1, -0.05) is 99.6 Å². The van der Waals surface area contributed by atoms with Gasteiger partial charge in [0, 0.05) is 30.1 Å². The minimum atomic E-state index is -0.827. The quantitative estimate of drug-likeness (QED) is 0.116. The number of hydrogen-bond donors (Lipinski definition) is 0. The van der Waals surface area contributed by atoms with Crippen LogP contribution < -0.4 is 0 Å². The van der Waals surface area contributed by atoms with E-state index in [0.717, 1.165) is 29.5 Å². The molecule has 5 heteroatoms. The number of unbranched alkanes of at least 4 members (excludes halogenated alkanes) is 8. The smallest absolute Gasteiger partial charge is 0.397 e. The van der Waals surface area contributed by atoms with Crippen molar-refractivity contribution in [1.82, 2.24) is 4.90 Å². The van der Waals surface area contributed by atoms with Crippen molar-refractivity contribution < 1.29 is 14.3 Å². The second-order valence-electron chi connectivity index (χ2n) is 9.05. The second-order valence-corrected chi connectivity index (χ2v) is 9.49.